The van der Waals surface area contributed by atoms with E-state index in [1.54, 1.807) is 0 Å². The quantitative estimate of drug-likeness (QED) is 0.490. The van der Waals surface area contributed by atoms with Crippen LogP contribution in [0.4, 0.5) is 52.7 Å². The Hall–Kier alpha value is -0.880. The van der Waals surface area contributed by atoms with E-state index in [2.05, 4.69) is 4.74 Å². The second kappa shape index (κ2) is 5.06. The third-order valence-corrected chi connectivity index (χ3v) is 3.26. The largest absolute Gasteiger partial charge is 0.428 e. The van der Waals surface area contributed by atoms with Gasteiger partial charge in [0.2, 0.25) is 0 Å². The molecule has 0 saturated carbocycles. The minimum Gasteiger partial charge on any atom is -0.373 e. The Morgan fingerprint density at radius 1 is 0.739 bits per heavy atom. The first-order valence-corrected chi connectivity index (χ1v) is 5.71. The molecular formula is C10H8F12O. The van der Waals surface area contributed by atoms with Gasteiger partial charge in [0, 0.05) is 6.42 Å². The van der Waals surface area contributed by atoms with E-state index < -0.39 is 61.6 Å². The lowest BCUT2D eigenvalue weighted by molar-refractivity contribution is -0.412. The molecule has 0 N–H and O–H groups in total. The van der Waals surface area contributed by atoms with Gasteiger partial charge in [-0.3, -0.25) is 0 Å². The van der Waals surface area contributed by atoms with E-state index in [1.807, 2.05) is 0 Å². The molecule has 0 aromatic rings. The molecule has 1 aliphatic heterocycles. The van der Waals surface area contributed by atoms with Gasteiger partial charge in [-0.2, -0.15) is 48.3 Å². The first kappa shape index (κ1) is 20.2. The van der Waals surface area contributed by atoms with Crippen LogP contribution in [-0.2, 0) is 4.74 Å². The minimum atomic E-state index is -7.34. The SMILES string of the molecule is CC(F)(C(F)(F)F)C(F)(F)C(F)(F)C(F)(F)C(F)(F)CC1CO1. The van der Waals surface area contributed by atoms with Gasteiger partial charge in [-0.25, -0.2) is 4.39 Å². The Balaban J connectivity index is 3.30. The molecule has 2 unspecified atom stereocenters. The third kappa shape index (κ3) is 2.84. The number of halogens is 12. The molecular weight excluding hydrogens is 364 g/mol. The lowest BCUT2D eigenvalue weighted by atomic mass is 9.87. The molecule has 0 aromatic carbocycles. The van der Waals surface area contributed by atoms with Crippen LogP contribution >= 0.6 is 0 Å². The van der Waals surface area contributed by atoms with E-state index in [0.29, 0.717) is 0 Å². The summed E-state index contributed by atoms with van der Waals surface area (Å²) in [6, 6.07) is 0. The van der Waals surface area contributed by atoms with Crippen molar-refractivity contribution < 1.29 is 57.4 Å². The zero-order valence-electron chi connectivity index (χ0n) is 10.9. The second-order valence-corrected chi connectivity index (χ2v) is 5.09. The lowest BCUT2D eigenvalue weighted by Crippen LogP contribution is -2.70. The van der Waals surface area contributed by atoms with Gasteiger partial charge in [-0.15, -0.1) is 0 Å². The molecule has 1 heterocycles. The molecule has 1 saturated heterocycles. The van der Waals surface area contributed by atoms with E-state index >= 15 is 0 Å². The fourth-order valence-corrected chi connectivity index (χ4v) is 1.50. The molecule has 0 aromatic heterocycles. The number of rotatable bonds is 6. The second-order valence-electron chi connectivity index (χ2n) is 5.09. The number of hydrogen-bond acceptors (Lipinski definition) is 1. The predicted octanol–water partition coefficient (Wildman–Crippen LogP) is 4.61. The van der Waals surface area contributed by atoms with Gasteiger partial charge in [0.25, 0.3) is 5.67 Å². The summed E-state index contributed by atoms with van der Waals surface area (Å²) in [5, 5.41) is 0. The molecule has 1 nitrogen and oxygen atoms in total. The molecule has 0 aliphatic carbocycles. The van der Waals surface area contributed by atoms with Crippen molar-refractivity contribution in [2.24, 2.45) is 0 Å². The standard InChI is InChI=1S/C10H8F12O/c1-5(11,10(20,21)22)7(14,15)9(18,19)8(16,17)6(12,13)2-4-3-23-4/h4H,2-3H2,1H3. The van der Waals surface area contributed by atoms with Gasteiger partial charge >= 0.3 is 29.9 Å². The van der Waals surface area contributed by atoms with Crippen molar-refractivity contribution in [1.29, 1.82) is 0 Å². The molecule has 0 amide bonds. The normalized spacial score (nSPS) is 23.6. The van der Waals surface area contributed by atoms with Gasteiger partial charge in [-0.1, -0.05) is 0 Å². The molecule has 138 valence electrons. The van der Waals surface area contributed by atoms with Crippen LogP contribution < -0.4 is 0 Å². The van der Waals surface area contributed by atoms with Crippen LogP contribution in [-0.4, -0.2) is 48.2 Å². The van der Waals surface area contributed by atoms with Gasteiger partial charge in [-0.05, 0) is 6.92 Å². The van der Waals surface area contributed by atoms with Crippen LogP contribution in [0.2, 0.25) is 0 Å². The van der Waals surface area contributed by atoms with Crippen LogP contribution in [0.25, 0.3) is 0 Å². The van der Waals surface area contributed by atoms with Gasteiger partial charge in [0.1, 0.15) is 0 Å². The maximum absolute atomic E-state index is 13.2. The van der Waals surface area contributed by atoms with Crippen LogP contribution in [0.1, 0.15) is 13.3 Å². The van der Waals surface area contributed by atoms with E-state index in [9.17, 15) is 52.7 Å². The monoisotopic (exact) mass is 372 g/mol. The molecule has 2 atom stereocenters. The Bertz CT molecular complexity index is 447. The molecule has 0 bridgehead atoms. The van der Waals surface area contributed by atoms with E-state index in [1.165, 1.54) is 0 Å². The van der Waals surface area contributed by atoms with Gasteiger partial charge in [0.05, 0.1) is 12.7 Å². The molecule has 0 radical (unpaired) electrons. The summed E-state index contributed by atoms with van der Waals surface area (Å²) in [5.74, 6) is -27.3. The fourth-order valence-electron chi connectivity index (χ4n) is 1.50. The average molecular weight is 372 g/mol. The van der Waals surface area contributed by atoms with Crippen molar-refractivity contribution >= 4 is 0 Å². The summed E-state index contributed by atoms with van der Waals surface area (Å²) in [7, 11) is 0. The summed E-state index contributed by atoms with van der Waals surface area (Å²) >= 11 is 0. The first-order valence-electron chi connectivity index (χ1n) is 5.71. The molecule has 1 rings (SSSR count). The van der Waals surface area contributed by atoms with Crippen LogP contribution in [0.15, 0.2) is 0 Å². The van der Waals surface area contributed by atoms with Gasteiger partial charge < -0.3 is 4.74 Å². The maximum atomic E-state index is 13.2. The predicted molar refractivity (Wildman–Crippen MR) is 49.7 cm³/mol. The van der Waals surface area contributed by atoms with Crippen LogP contribution in [0.5, 0.6) is 0 Å². The maximum Gasteiger partial charge on any atom is 0.428 e. The summed E-state index contributed by atoms with van der Waals surface area (Å²) in [5.41, 5.74) is -6.18. The molecule has 13 heteroatoms. The molecule has 1 aliphatic rings. The summed E-state index contributed by atoms with van der Waals surface area (Å²) in [6.45, 7) is -1.68. The highest BCUT2D eigenvalue weighted by atomic mass is 19.4. The Morgan fingerprint density at radius 3 is 1.43 bits per heavy atom. The highest BCUT2D eigenvalue weighted by Crippen LogP contribution is 2.60. The Morgan fingerprint density at radius 2 is 1.13 bits per heavy atom. The van der Waals surface area contributed by atoms with Crippen molar-refractivity contribution in [1.82, 2.24) is 0 Å². The van der Waals surface area contributed by atoms with Crippen molar-refractivity contribution in [3.63, 3.8) is 0 Å². The molecule has 23 heavy (non-hydrogen) atoms. The lowest BCUT2D eigenvalue weighted by Gasteiger charge is -2.41. The van der Waals surface area contributed by atoms with Crippen LogP contribution in [0.3, 0.4) is 0 Å². The Labute approximate surface area is 120 Å². The smallest absolute Gasteiger partial charge is 0.373 e. The number of epoxide rings is 1. The highest BCUT2D eigenvalue weighted by Gasteiger charge is 2.88. The fraction of sp³-hybridized carbons (Fsp3) is 1.00. The van der Waals surface area contributed by atoms with Gasteiger partial charge in [0.15, 0.2) is 0 Å². The number of alkyl halides is 12. The minimum absolute atomic E-state index is 0.545. The van der Waals surface area contributed by atoms with Crippen molar-refractivity contribution in [3.05, 3.63) is 0 Å². The zero-order chi connectivity index (χ0) is 18.7. The van der Waals surface area contributed by atoms with E-state index in [-0.39, 0.29) is 0 Å². The number of hydrogen-bond donors (Lipinski definition) is 0. The summed E-state index contributed by atoms with van der Waals surface area (Å²) in [6.07, 6.45) is -10.5. The molecule has 0 spiro atoms. The number of ether oxygens (including phenoxy) is 1. The third-order valence-electron chi connectivity index (χ3n) is 3.26. The first-order chi connectivity index (χ1) is 9.83. The van der Waals surface area contributed by atoms with E-state index in [4.69, 9.17) is 0 Å². The topological polar surface area (TPSA) is 12.5 Å². The Kier molecular flexibility index (Phi) is 4.43. The summed E-state index contributed by atoms with van der Waals surface area (Å²) < 4.78 is 159. The average Bonchev–Trinajstić information content (AvgIpc) is 3.09. The van der Waals surface area contributed by atoms with Crippen LogP contribution in [0, 0.1) is 0 Å². The van der Waals surface area contributed by atoms with E-state index in [0.717, 1.165) is 0 Å². The van der Waals surface area contributed by atoms with Crippen molar-refractivity contribution in [2.45, 2.75) is 55.0 Å². The zero-order valence-corrected chi connectivity index (χ0v) is 10.9. The molecule has 1 fully saturated rings. The highest BCUT2D eigenvalue weighted by molar-refractivity contribution is 5.12. The van der Waals surface area contributed by atoms with Crippen molar-refractivity contribution in [3.8, 4) is 0 Å². The summed E-state index contributed by atoms with van der Waals surface area (Å²) in [4.78, 5) is 0. The van der Waals surface area contributed by atoms with Crippen molar-refractivity contribution in [2.75, 3.05) is 6.61 Å².